The number of nitrogens with zero attached hydrogens (tertiary/aromatic N) is 2. The van der Waals surface area contributed by atoms with Crippen molar-refractivity contribution < 1.29 is 18.3 Å². The van der Waals surface area contributed by atoms with Crippen LogP contribution in [0.2, 0.25) is 0 Å². The number of pyridine rings is 1. The van der Waals surface area contributed by atoms with Crippen LogP contribution in [0.1, 0.15) is 33.7 Å². The molecule has 0 saturated carbocycles. The molecule has 0 spiro atoms. The smallest absolute Gasteiger partial charge is 0.341 e. The third-order valence-electron chi connectivity index (χ3n) is 1.97. The second kappa shape index (κ2) is 5.55. The molecule has 0 bridgehead atoms. The Hall–Kier alpha value is -1.74. The second-order valence-corrected chi connectivity index (χ2v) is 3.22. The number of methoxy groups -OCH3 is 1. The zero-order valence-corrected chi connectivity index (χ0v) is 9.46. The summed E-state index contributed by atoms with van der Waals surface area (Å²) >= 11 is 5.51. The van der Waals surface area contributed by atoms with Gasteiger partial charge in [0.2, 0.25) is 0 Å². The van der Waals surface area contributed by atoms with Crippen LogP contribution in [0.3, 0.4) is 0 Å². The Labute approximate surface area is 101 Å². The maximum absolute atomic E-state index is 12.5. The van der Waals surface area contributed by atoms with Crippen LogP contribution in [-0.4, -0.2) is 18.1 Å². The summed E-state index contributed by atoms with van der Waals surface area (Å²) in [6.07, 6.45) is -2.84. The Kier molecular flexibility index (Phi) is 4.35. The number of aromatic nitrogens is 1. The van der Waals surface area contributed by atoms with Crippen LogP contribution in [0.25, 0.3) is 0 Å². The summed E-state index contributed by atoms with van der Waals surface area (Å²) in [5, 5.41) is 8.82. The van der Waals surface area contributed by atoms with E-state index in [1.54, 1.807) is 6.07 Å². The molecule has 0 aliphatic rings. The van der Waals surface area contributed by atoms with E-state index in [0.29, 0.717) is 0 Å². The van der Waals surface area contributed by atoms with Gasteiger partial charge in [0.25, 0.3) is 6.43 Å². The molecule has 0 aliphatic heterocycles. The summed E-state index contributed by atoms with van der Waals surface area (Å²) < 4.78 is 29.4. The maximum Gasteiger partial charge on any atom is 0.341 e. The van der Waals surface area contributed by atoms with Crippen molar-refractivity contribution in [3.63, 3.8) is 0 Å². The molecule has 7 heteroatoms. The number of carbonyl (C=O) groups is 1. The van der Waals surface area contributed by atoms with Gasteiger partial charge >= 0.3 is 5.97 Å². The lowest BCUT2D eigenvalue weighted by atomic mass is 10.1. The average molecular weight is 261 g/mol. The number of nitriles is 1. The summed E-state index contributed by atoms with van der Waals surface area (Å²) in [5.74, 6) is -1.09. The van der Waals surface area contributed by atoms with E-state index in [1.165, 1.54) is 0 Å². The van der Waals surface area contributed by atoms with E-state index in [0.717, 1.165) is 13.2 Å². The highest BCUT2D eigenvalue weighted by Gasteiger charge is 2.22. The van der Waals surface area contributed by atoms with Gasteiger partial charge in [-0.1, -0.05) is 0 Å². The first-order valence-electron chi connectivity index (χ1n) is 4.41. The third kappa shape index (κ3) is 2.68. The highest BCUT2D eigenvalue weighted by Crippen LogP contribution is 2.23. The van der Waals surface area contributed by atoms with Gasteiger partial charge in [0.05, 0.1) is 24.2 Å². The van der Waals surface area contributed by atoms with Crippen LogP contribution < -0.4 is 0 Å². The first-order valence-corrected chi connectivity index (χ1v) is 4.95. The van der Waals surface area contributed by atoms with Crippen molar-refractivity contribution in [1.29, 1.82) is 5.26 Å². The molecule has 0 aromatic carbocycles. The number of hydrogen-bond donors (Lipinski definition) is 0. The van der Waals surface area contributed by atoms with Gasteiger partial charge in [-0.2, -0.15) is 5.26 Å². The number of alkyl halides is 3. The third-order valence-corrected chi connectivity index (χ3v) is 2.23. The van der Waals surface area contributed by atoms with E-state index in [4.69, 9.17) is 16.9 Å². The van der Waals surface area contributed by atoms with Gasteiger partial charge in [-0.25, -0.2) is 18.6 Å². The molecule has 4 nitrogen and oxygen atoms in total. The number of rotatable bonds is 3. The van der Waals surface area contributed by atoms with E-state index in [1.807, 2.05) is 0 Å². The molecule has 90 valence electrons. The monoisotopic (exact) mass is 260 g/mol. The molecule has 1 aromatic heterocycles. The number of halogens is 3. The molecule has 0 N–H and O–H groups in total. The van der Waals surface area contributed by atoms with E-state index in [9.17, 15) is 13.6 Å². The van der Waals surface area contributed by atoms with Gasteiger partial charge in [-0.05, 0) is 6.07 Å². The number of ether oxygens (including phenoxy) is 1. The zero-order valence-electron chi connectivity index (χ0n) is 8.71. The van der Waals surface area contributed by atoms with Crippen LogP contribution >= 0.6 is 11.6 Å². The summed E-state index contributed by atoms with van der Waals surface area (Å²) in [6.45, 7) is 0. The normalized spacial score (nSPS) is 10.1. The molecule has 0 radical (unpaired) electrons. The van der Waals surface area contributed by atoms with Crippen molar-refractivity contribution in [1.82, 2.24) is 4.98 Å². The molecular weight excluding hydrogens is 254 g/mol. The Balaban J connectivity index is 3.48. The minimum atomic E-state index is -2.84. The van der Waals surface area contributed by atoms with E-state index < -0.39 is 18.1 Å². The van der Waals surface area contributed by atoms with Crippen molar-refractivity contribution in [2.75, 3.05) is 7.11 Å². The quantitative estimate of drug-likeness (QED) is 0.618. The molecule has 1 heterocycles. The molecule has 0 amide bonds. The molecule has 0 unspecified atom stereocenters. The lowest BCUT2D eigenvalue weighted by molar-refractivity contribution is 0.0598. The van der Waals surface area contributed by atoms with Crippen molar-refractivity contribution in [3.05, 3.63) is 28.6 Å². The molecule has 0 saturated heterocycles. The fraction of sp³-hybridized carbons (Fsp3) is 0.300. The van der Waals surface area contributed by atoms with Gasteiger partial charge in [-0.3, -0.25) is 0 Å². The van der Waals surface area contributed by atoms with Crippen LogP contribution in [0.4, 0.5) is 8.78 Å². The second-order valence-electron chi connectivity index (χ2n) is 2.95. The SMILES string of the molecule is COC(=O)c1c(C#N)cc(C(F)F)nc1CCl. The van der Waals surface area contributed by atoms with E-state index in [2.05, 4.69) is 9.72 Å². The van der Waals surface area contributed by atoms with Crippen molar-refractivity contribution in [2.45, 2.75) is 12.3 Å². The number of esters is 1. The molecule has 1 aromatic rings. The first-order chi connectivity index (χ1) is 8.04. The van der Waals surface area contributed by atoms with E-state index in [-0.39, 0.29) is 22.7 Å². The highest BCUT2D eigenvalue weighted by molar-refractivity contribution is 6.17. The van der Waals surface area contributed by atoms with Crippen molar-refractivity contribution in [3.8, 4) is 6.07 Å². The topological polar surface area (TPSA) is 63.0 Å². The fourth-order valence-corrected chi connectivity index (χ4v) is 1.44. The Morgan fingerprint density at radius 1 is 1.71 bits per heavy atom. The Morgan fingerprint density at radius 2 is 2.35 bits per heavy atom. The summed E-state index contributed by atoms with van der Waals surface area (Å²) in [5.41, 5.74) is -1.08. The van der Waals surface area contributed by atoms with Gasteiger partial charge in [0.1, 0.15) is 17.3 Å². The minimum absolute atomic E-state index is 0.0899. The summed E-state index contributed by atoms with van der Waals surface area (Å²) in [7, 11) is 1.11. The molecular formula is C10H7ClF2N2O2. The first kappa shape index (κ1) is 13.3. The maximum atomic E-state index is 12.5. The van der Waals surface area contributed by atoms with E-state index >= 15 is 0 Å². The molecule has 0 aliphatic carbocycles. The van der Waals surface area contributed by atoms with Gasteiger partial charge in [-0.15, -0.1) is 11.6 Å². The summed E-state index contributed by atoms with van der Waals surface area (Å²) in [4.78, 5) is 14.9. The number of hydrogen-bond acceptors (Lipinski definition) is 4. The van der Waals surface area contributed by atoms with Crippen LogP contribution in [0, 0.1) is 11.3 Å². The van der Waals surface area contributed by atoms with Crippen LogP contribution in [0.5, 0.6) is 0 Å². The molecule has 17 heavy (non-hydrogen) atoms. The predicted molar refractivity (Wildman–Crippen MR) is 54.8 cm³/mol. The Bertz CT molecular complexity index is 486. The van der Waals surface area contributed by atoms with Crippen LogP contribution in [-0.2, 0) is 10.6 Å². The average Bonchev–Trinajstić information content (AvgIpc) is 2.35. The zero-order chi connectivity index (χ0) is 13.0. The molecule has 0 fully saturated rings. The minimum Gasteiger partial charge on any atom is -0.465 e. The lowest BCUT2D eigenvalue weighted by Crippen LogP contribution is -2.11. The predicted octanol–water partition coefficient (Wildman–Crippen LogP) is 2.42. The van der Waals surface area contributed by atoms with Gasteiger partial charge < -0.3 is 4.74 Å². The van der Waals surface area contributed by atoms with Crippen LogP contribution in [0.15, 0.2) is 6.07 Å². The van der Waals surface area contributed by atoms with Gasteiger partial charge in [0.15, 0.2) is 0 Å². The summed E-state index contributed by atoms with van der Waals surface area (Å²) in [6, 6.07) is 2.50. The number of carbonyl (C=O) groups excluding carboxylic acids is 1. The standard InChI is InChI=1S/C10H7ClF2N2O2/c1-17-10(16)8-5(4-14)2-6(9(12)13)15-7(8)3-11/h2,9H,3H2,1H3. The lowest BCUT2D eigenvalue weighted by Gasteiger charge is -2.09. The molecule has 1 rings (SSSR count). The van der Waals surface area contributed by atoms with Crippen molar-refractivity contribution >= 4 is 17.6 Å². The Morgan fingerprint density at radius 3 is 2.76 bits per heavy atom. The largest absolute Gasteiger partial charge is 0.465 e. The van der Waals surface area contributed by atoms with Crippen molar-refractivity contribution in [2.24, 2.45) is 0 Å². The van der Waals surface area contributed by atoms with Gasteiger partial charge in [0, 0.05) is 0 Å². The fourth-order valence-electron chi connectivity index (χ4n) is 1.25. The molecule has 0 atom stereocenters. The highest BCUT2D eigenvalue weighted by atomic mass is 35.5.